The molecule has 0 saturated carbocycles. The van der Waals surface area contributed by atoms with Crippen molar-refractivity contribution < 1.29 is 14.4 Å². The number of rotatable bonds is 3. The first kappa shape index (κ1) is 17.5. The van der Waals surface area contributed by atoms with Crippen LogP contribution in [0, 0.1) is 0 Å². The summed E-state index contributed by atoms with van der Waals surface area (Å²) < 4.78 is 0. The maximum atomic E-state index is 12.5. The van der Waals surface area contributed by atoms with Gasteiger partial charge in [-0.15, -0.1) is 0 Å². The van der Waals surface area contributed by atoms with E-state index in [0.29, 0.717) is 11.3 Å². The molecule has 1 atom stereocenters. The molecule has 0 aromatic heterocycles. The van der Waals surface area contributed by atoms with Crippen LogP contribution in [-0.2, 0) is 9.59 Å². The third-order valence-electron chi connectivity index (χ3n) is 4.24. The third-order valence-corrected chi connectivity index (χ3v) is 4.24. The molecule has 26 heavy (non-hydrogen) atoms. The summed E-state index contributed by atoms with van der Waals surface area (Å²) >= 11 is 0. The van der Waals surface area contributed by atoms with Crippen molar-refractivity contribution in [2.75, 3.05) is 24.3 Å². The van der Waals surface area contributed by atoms with Gasteiger partial charge in [-0.25, -0.2) is 0 Å². The molecule has 1 aliphatic rings. The standard InChI is InChI=1S/C19H20N4O3/c1-23(2)13-7-5-6-12(10-13)18(25)21-22-19(26)15-11-17(24)20-16-9-4-3-8-14(15)16/h3-10,15H,11H2,1-2H3,(H,20,24)(H,21,25)(H,22,26). The van der Waals surface area contributed by atoms with E-state index in [1.54, 1.807) is 36.4 Å². The number of nitrogens with zero attached hydrogens (tertiary/aromatic N) is 1. The number of carbonyl (C=O) groups is 3. The fourth-order valence-corrected chi connectivity index (χ4v) is 2.85. The summed E-state index contributed by atoms with van der Waals surface area (Å²) in [6, 6.07) is 14.2. The van der Waals surface area contributed by atoms with Crippen LogP contribution in [0.4, 0.5) is 11.4 Å². The molecule has 7 heteroatoms. The monoisotopic (exact) mass is 352 g/mol. The number of hydrazine groups is 1. The van der Waals surface area contributed by atoms with E-state index in [1.165, 1.54) is 0 Å². The van der Waals surface area contributed by atoms with E-state index in [-0.39, 0.29) is 12.3 Å². The summed E-state index contributed by atoms with van der Waals surface area (Å²) in [4.78, 5) is 38.5. The van der Waals surface area contributed by atoms with Gasteiger partial charge in [0, 0.05) is 37.5 Å². The lowest BCUT2D eigenvalue weighted by atomic mass is 9.90. The smallest absolute Gasteiger partial charge is 0.269 e. The van der Waals surface area contributed by atoms with Crippen LogP contribution in [0.5, 0.6) is 0 Å². The van der Waals surface area contributed by atoms with E-state index in [0.717, 1.165) is 11.3 Å². The Kier molecular flexibility index (Phi) is 4.88. The fourth-order valence-electron chi connectivity index (χ4n) is 2.85. The lowest BCUT2D eigenvalue weighted by Crippen LogP contribution is -2.45. The summed E-state index contributed by atoms with van der Waals surface area (Å²) in [6.07, 6.45) is 0.0365. The number of nitrogens with one attached hydrogen (secondary N) is 3. The zero-order valence-corrected chi connectivity index (χ0v) is 14.6. The molecule has 2 aromatic rings. The first-order valence-corrected chi connectivity index (χ1v) is 8.22. The summed E-state index contributed by atoms with van der Waals surface area (Å²) in [6.45, 7) is 0. The van der Waals surface area contributed by atoms with Crippen molar-refractivity contribution in [1.29, 1.82) is 0 Å². The van der Waals surface area contributed by atoms with Crippen molar-refractivity contribution in [3.05, 3.63) is 59.7 Å². The Morgan fingerprint density at radius 1 is 1.08 bits per heavy atom. The van der Waals surface area contributed by atoms with Gasteiger partial charge in [0.2, 0.25) is 11.8 Å². The molecule has 7 nitrogen and oxygen atoms in total. The highest BCUT2D eigenvalue weighted by molar-refractivity contribution is 6.02. The van der Waals surface area contributed by atoms with E-state index < -0.39 is 17.7 Å². The molecule has 2 aromatic carbocycles. The minimum Gasteiger partial charge on any atom is -0.378 e. The highest BCUT2D eigenvalue weighted by Crippen LogP contribution is 2.31. The highest BCUT2D eigenvalue weighted by atomic mass is 16.2. The van der Waals surface area contributed by atoms with Crippen LogP contribution < -0.4 is 21.1 Å². The molecule has 0 spiro atoms. The second kappa shape index (κ2) is 7.26. The van der Waals surface area contributed by atoms with Crippen LogP contribution in [-0.4, -0.2) is 31.8 Å². The molecule has 0 aliphatic carbocycles. The number of fused-ring (bicyclic) bond motifs is 1. The van der Waals surface area contributed by atoms with E-state index in [4.69, 9.17) is 0 Å². The van der Waals surface area contributed by atoms with Crippen LogP contribution in [0.25, 0.3) is 0 Å². The summed E-state index contributed by atoms with van der Waals surface area (Å²) in [5, 5.41) is 2.74. The van der Waals surface area contributed by atoms with Crippen molar-refractivity contribution in [2.24, 2.45) is 0 Å². The van der Waals surface area contributed by atoms with Gasteiger partial charge >= 0.3 is 0 Å². The van der Waals surface area contributed by atoms with Crippen LogP contribution in [0.15, 0.2) is 48.5 Å². The van der Waals surface area contributed by atoms with E-state index in [2.05, 4.69) is 16.2 Å². The van der Waals surface area contributed by atoms with Gasteiger partial charge in [-0.3, -0.25) is 25.2 Å². The summed E-state index contributed by atoms with van der Waals surface area (Å²) in [7, 11) is 3.76. The molecule has 3 amide bonds. The fraction of sp³-hybridized carbons (Fsp3) is 0.211. The zero-order chi connectivity index (χ0) is 18.7. The second-order valence-corrected chi connectivity index (χ2v) is 6.28. The van der Waals surface area contributed by atoms with Crippen LogP contribution in [0.1, 0.15) is 28.3 Å². The molecule has 3 N–H and O–H groups in total. The molecule has 0 saturated heterocycles. The average Bonchev–Trinajstić information content (AvgIpc) is 2.65. The SMILES string of the molecule is CN(C)c1cccc(C(=O)NNC(=O)C2CC(=O)Nc3ccccc32)c1. The molecule has 134 valence electrons. The van der Waals surface area contributed by atoms with E-state index >= 15 is 0 Å². The summed E-state index contributed by atoms with van der Waals surface area (Å²) in [5.74, 6) is -1.72. The second-order valence-electron chi connectivity index (χ2n) is 6.28. The van der Waals surface area contributed by atoms with E-state index in [9.17, 15) is 14.4 Å². The highest BCUT2D eigenvalue weighted by Gasteiger charge is 2.30. The van der Waals surface area contributed by atoms with Crippen LogP contribution >= 0.6 is 0 Å². The number of amides is 3. The van der Waals surface area contributed by atoms with Gasteiger partial charge in [-0.05, 0) is 29.8 Å². The van der Waals surface area contributed by atoms with Gasteiger partial charge in [0.15, 0.2) is 0 Å². The number of anilines is 2. The van der Waals surface area contributed by atoms with Crippen molar-refractivity contribution >= 4 is 29.1 Å². The maximum absolute atomic E-state index is 12.5. The van der Waals surface area contributed by atoms with Crippen molar-refractivity contribution in [1.82, 2.24) is 10.9 Å². The zero-order valence-electron chi connectivity index (χ0n) is 14.6. The number of hydrogen-bond donors (Lipinski definition) is 3. The molecule has 0 bridgehead atoms. The molecule has 0 radical (unpaired) electrons. The van der Waals surface area contributed by atoms with Gasteiger partial charge in [0.1, 0.15) is 0 Å². The van der Waals surface area contributed by atoms with Gasteiger partial charge in [-0.1, -0.05) is 24.3 Å². The summed E-state index contributed by atoms with van der Waals surface area (Å²) in [5.41, 5.74) is 7.50. The lowest BCUT2D eigenvalue weighted by molar-refractivity contribution is -0.126. The molecule has 0 fully saturated rings. The first-order chi connectivity index (χ1) is 12.5. The van der Waals surface area contributed by atoms with Gasteiger partial charge in [0.05, 0.1) is 5.92 Å². The molecule has 1 heterocycles. The topological polar surface area (TPSA) is 90.5 Å². The largest absolute Gasteiger partial charge is 0.378 e. The maximum Gasteiger partial charge on any atom is 0.269 e. The Hall–Kier alpha value is -3.35. The van der Waals surface area contributed by atoms with Gasteiger partial charge < -0.3 is 10.2 Å². The quantitative estimate of drug-likeness (QED) is 0.733. The van der Waals surface area contributed by atoms with Crippen molar-refractivity contribution in [3.63, 3.8) is 0 Å². The number of hydrogen-bond acceptors (Lipinski definition) is 4. The van der Waals surface area contributed by atoms with Crippen molar-refractivity contribution in [2.45, 2.75) is 12.3 Å². The first-order valence-electron chi connectivity index (χ1n) is 8.22. The normalized spacial score (nSPS) is 15.5. The Morgan fingerprint density at radius 3 is 2.62 bits per heavy atom. The Morgan fingerprint density at radius 2 is 1.85 bits per heavy atom. The predicted molar refractivity (Wildman–Crippen MR) is 98.8 cm³/mol. The average molecular weight is 352 g/mol. The Bertz CT molecular complexity index is 863. The molecule has 1 unspecified atom stereocenters. The van der Waals surface area contributed by atoms with Crippen LogP contribution in [0.3, 0.4) is 0 Å². The Labute approximate surface area is 151 Å². The van der Waals surface area contributed by atoms with Crippen LogP contribution in [0.2, 0.25) is 0 Å². The number of para-hydroxylation sites is 1. The number of benzene rings is 2. The predicted octanol–water partition coefficient (Wildman–Crippen LogP) is 1.64. The molecule has 3 rings (SSSR count). The minimum atomic E-state index is -0.645. The third kappa shape index (κ3) is 3.66. The lowest BCUT2D eigenvalue weighted by Gasteiger charge is -2.24. The molecule has 1 aliphatic heterocycles. The van der Waals surface area contributed by atoms with Gasteiger partial charge in [0.25, 0.3) is 5.91 Å². The minimum absolute atomic E-state index is 0.0365. The van der Waals surface area contributed by atoms with Gasteiger partial charge in [-0.2, -0.15) is 0 Å². The van der Waals surface area contributed by atoms with Crippen molar-refractivity contribution in [3.8, 4) is 0 Å². The Balaban J connectivity index is 1.68. The molecular weight excluding hydrogens is 332 g/mol. The number of carbonyl (C=O) groups excluding carboxylic acids is 3. The molecular formula is C19H20N4O3. The van der Waals surface area contributed by atoms with E-state index in [1.807, 2.05) is 31.1 Å².